The fraction of sp³-hybridized carbons (Fsp3) is 0.364. The highest BCUT2D eigenvalue weighted by atomic mass is 79.9. The van der Waals surface area contributed by atoms with Crippen LogP contribution < -0.4 is 5.32 Å². The second-order valence-electron chi connectivity index (χ2n) is 3.90. The molecule has 0 fully saturated rings. The van der Waals surface area contributed by atoms with E-state index in [1.54, 1.807) is 16.8 Å². The van der Waals surface area contributed by atoms with E-state index in [2.05, 4.69) is 43.7 Å². The van der Waals surface area contributed by atoms with E-state index in [4.69, 9.17) is 23.2 Å². The van der Waals surface area contributed by atoms with E-state index in [1.165, 1.54) is 0 Å². The van der Waals surface area contributed by atoms with Crippen molar-refractivity contribution >= 4 is 39.1 Å². The van der Waals surface area contributed by atoms with E-state index in [1.807, 2.05) is 0 Å². The van der Waals surface area contributed by atoms with Crippen molar-refractivity contribution in [2.24, 2.45) is 0 Å². The smallest absolute Gasteiger partial charge is 0.170 e. The molecule has 5 nitrogen and oxygen atoms in total. The highest BCUT2D eigenvalue weighted by molar-refractivity contribution is 9.10. The zero-order valence-electron chi connectivity index (χ0n) is 10.2. The Morgan fingerprint density at radius 2 is 2.00 bits per heavy atom. The number of rotatable bonds is 5. The number of hydrogen-bond donors (Lipinski definition) is 1. The highest BCUT2D eigenvalue weighted by Crippen LogP contribution is 2.32. The molecule has 2 rings (SSSR count). The molecule has 0 amide bonds. The average molecular weight is 365 g/mol. The lowest BCUT2D eigenvalue weighted by atomic mass is 10.3. The van der Waals surface area contributed by atoms with Gasteiger partial charge in [0.2, 0.25) is 0 Å². The Morgan fingerprint density at radius 1 is 1.32 bits per heavy atom. The zero-order chi connectivity index (χ0) is 13.8. The van der Waals surface area contributed by atoms with Crippen LogP contribution in [0.3, 0.4) is 0 Å². The summed E-state index contributed by atoms with van der Waals surface area (Å²) in [4.78, 5) is 0. The number of halogens is 3. The van der Waals surface area contributed by atoms with Crippen LogP contribution >= 0.6 is 39.1 Å². The second-order valence-corrected chi connectivity index (χ2v) is 5.63. The van der Waals surface area contributed by atoms with Crippen LogP contribution in [0, 0.1) is 0 Å². The Kier molecular flexibility index (Phi) is 5.15. The van der Waals surface area contributed by atoms with Crippen LogP contribution in [0.1, 0.15) is 19.2 Å². The molecule has 19 heavy (non-hydrogen) atoms. The van der Waals surface area contributed by atoms with Crippen LogP contribution in [0.25, 0.3) is 5.69 Å². The first-order valence-electron chi connectivity index (χ1n) is 5.76. The van der Waals surface area contributed by atoms with E-state index in [-0.39, 0.29) is 0 Å². The van der Waals surface area contributed by atoms with Gasteiger partial charge >= 0.3 is 0 Å². The predicted molar refractivity (Wildman–Crippen MR) is 78.9 cm³/mol. The first-order chi connectivity index (χ1) is 9.13. The predicted octanol–water partition coefficient (Wildman–Crippen LogP) is 3.23. The van der Waals surface area contributed by atoms with E-state index in [9.17, 15) is 0 Å². The summed E-state index contributed by atoms with van der Waals surface area (Å²) in [6.45, 7) is 3.55. The molecule has 0 spiro atoms. The second kappa shape index (κ2) is 6.65. The van der Waals surface area contributed by atoms with Gasteiger partial charge in [0.15, 0.2) is 5.82 Å². The van der Waals surface area contributed by atoms with Gasteiger partial charge in [0.05, 0.1) is 16.6 Å². The summed E-state index contributed by atoms with van der Waals surface area (Å²) in [5.41, 5.74) is 0.588. The molecule has 0 aliphatic carbocycles. The summed E-state index contributed by atoms with van der Waals surface area (Å²) in [5, 5.41) is 15.8. The molecule has 0 aliphatic heterocycles. The van der Waals surface area contributed by atoms with Gasteiger partial charge in [0.25, 0.3) is 0 Å². The van der Waals surface area contributed by atoms with Crippen molar-refractivity contribution in [3.8, 4) is 5.69 Å². The van der Waals surface area contributed by atoms with Crippen molar-refractivity contribution in [1.29, 1.82) is 0 Å². The number of hydrogen-bond acceptors (Lipinski definition) is 4. The molecule has 0 unspecified atom stereocenters. The molecule has 8 heteroatoms. The molecule has 102 valence electrons. The minimum Gasteiger partial charge on any atom is -0.310 e. The summed E-state index contributed by atoms with van der Waals surface area (Å²) in [7, 11) is 0. The van der Waals surface area contributed by atoms with Crippen LogP contribution in [0.4, 0.5) is 0 Å². The maximum Gasteiger partial charge on any atom is 0.170 e. The Morgan fingerprint density at radius 3 is 2.63 bits per heavy atom. The number of nitrogens with zero attached hydrogens (tertiary/aromatic N) is 4. The van der Waals surface area contributed by atoms with Gasteiger partial charge in [-0.3, -0.25) is 0 Å². The first-order valence-corrected chi connectivity index (χ1v) is 7.31. The lowest BCUT2D eigenvalue weighted by Crippen LogP contribution is -2.18. The van der Waals surface area contributed by atoms with Crippen molar-refractivity contribution < 1.29 is 0 Å². The molecule has 2 aromatic rings. The first kappa shape index (κ1) is 14.7. The summed E-state index contributed by atoms with van der Waals surface area (Å²) in [5.74, 6) is 0.666. The third-order valence-electron chi connectivity index (χ3n) is 2.44. The summed E-state index contributed by atoms with van der Waals surface area (Å²) >= 11 is 15.8. The highest BCUT2D eigenvalue weighted by Gasteiger charge is 2.15. The molecule has 1 aromatic heterocycles. The maximum absolute atomic E-state index is 6.21. The normalized spacial score (nSPS) is 10.9. The topological polar surface area (TPSA) is 55.6 Å². The minimum absolute atomic E-state index is 0.489. The number of tetrazole rings is 1. The van der Waals surface area contributed by atoms with Gasteiger partial charge < -0.3 is 5.32 Å². The molecule has 1 aromatic carbocycles. The SMILES string of the molecule is CCCNCc1nnnn1-c1c(Cl)cc(Br)cc1Cl. The van der Waals surface area contributed by atoms with Crippen molar-refractivity contribution in [2.75, 3.05) is 6.54 Å². The van der Waals surface area contributed by atoms with Gasteiger partial charge in [-0.1, -0.05) is 46.1 Å². The molecular formula is C11H12BrCl2N5. The largest absolute Gasteiger partial charge is 0.310 e. The van der Waals surface area contributed by atoms with Gasteiger partial charge in [-0.05, 0) is 35.5 Å². The number of aromatic nitrogens is 4. The number of benzene rings is 1. The molecule has 0 saturated heterocycles. The fourth-order valence-corrected chi connectivity index (χ4v) is 2.97. The van der Waals surface area contributed by atoms with Crippen molar-refractivity contribution in [3.05, 3.63) is 32.5 Å². The van der Waals surface area contributed by atoms with Gasteiger partial charge in [-0.2, -0.15) is 4.68 Å². The Hall–Kier alpha value is -0.690. The minimum atomic E-state index is 0.489. The average Bonchev–Trinajstić information content (AvgIpc) is 2.76. The van der Waals surface area contributed by atoms with Gasteiger partial charge in [-0.25, -0.2) is 0 Å². The van der Waals surface area contributed by atoms with Crippen molar-refractivity contribution in [2.45, 2.75) is 19.9 Å². The Labute approximate surface area is 129 Å². The monoisotopic (exact) mass is 363 g/mol. The molecule has 0 aliphatic rings. The van der Waals surface area contributed by atoms with E-state index >= 15 is 0 Å². The lowest BCUT2D eigenvalue weighted by Gasteiger charge is -2.09. The molecular weight excluding hydrogens is 353 g/mol. The summed E-state index contributed by atoms with van der Waals surface area (Å²) in [6.07, 6.45) is 1.04. The molecule has 0 bridgehead atoms. The van der Waals surface area contributed by atoms with Crippen LogP contribution in [0.5, 0.6) is 0 Å². The Bertz CT molecular complexity index is 549. The standard InChI is InChI=1S/C11H12BrCl2N5/c1-2-3-15-6-10-16-17-18-19(10)11-8(13)4-7(12)5-9(11)14/h4-5,15H,2-3,6H2,1H3. The van der Waals surface area contributed by atoms with Crippen molar-refractivity contribution in [1.82, 2.24) is 25.5 Å². The number of nitrogens with one attached hydrogen (secondary N) is 1. The zero-order valence-corrected chi connectivity index (χ0v) is 13.3. The van der Waals surface area contributed by atoms with Crippen molar-refractivity contribution in [3.63, 3.8) is 0 Å². The maximum atomic E-state index is 6.21. The van der Waals surface area contributed by atoms with E-state index in [0.29, 0.717) is 28.1 Å². The van der Waals surface area contributed by atoms with E-state index < -0.39 is 0 Å². The lowest BCUT2D eigenvalue weighted by molar-refractivity contribution is 0.633. The molecule has 0 radical (unpaired) electrons. The quantitative estimate of drug-likeness (QED) is 0.827. The summed E-state index contributed by atoms with van der Waals surface area (Å²) < 4.78 is 2.37. The third-order valence-corrected chi connectivity index (χ3v) is 3.47. The van der Waals surface area contributed by atoms with Gasteiger partial charge in [0, 0.05) is 4.47 Å². The Balaban J connectivity index is 2.35. The molecule has 0 saturated carbocycles. The fourth-order valence-electron chi connectivity index (χ4n) is 1.60. The summed E-state index contributed by atoms with van der Waals surface area (Å²) in [6, 6.07) is 3.52. The third kappa shape index (κ3) is 3.45. The van der Waals surface area contributed by atoms with Crippen LogP contribution in [-0.2, 0) is 6.54 Å². The molecule has 1 heterocycles. The van der Waals surface area contributed by atoms with Crippen LogP contribution in [0.15, 0.2) is 16.6 Å². The van der Waals surface area contributed by atoms with Gasteiger partial charge in [-0.15, -0.1) is 5.10 Å². The van der Waals surface area contributed by atoms with E-state index in [0.717, 1.165) is 17.4 Å². The molecule has 1 N–H and O–H groups in total. The molecule has 0 atom stereocenters. The van der Waals surface area contributed by atoms with Crippen LogP contribution in [0.2, 0.25) is 10.0 Å². The van der Waals surface area contributed by atoms with Crippen LogP contribution in [-0.4, -0.2) is 26.8 Å². The van der Waals surface area contributed by atoms with Gasteiger partial charge in [0.1, 0.15) is 5.69 Å².